The van der Waals surface area contributed by atoms with Crippen LogP contribution in [0.5, 0.6) is 5.75 Å². The van der Waals surface area contributed by atoms with Gasteiger partial charge < -0.3 is 14.8 Å². The molecule has 0 aromatic heterocycles. The second kappa shape index (κ2) is 12.9. The Balaban J connectivity index is 1.64. The fourth-order valence-corrected chi connectivity index (χ4v) is 5.40. The van der Waals surface area contributed by atoms with E-state index in [1.165, 1.54) is 10.4 Å². The molecule has 1 amide bonds. The van der Waals surface area contributed by atoms with E-state index in [1.54, 1.807) is 26.2 Å². The number of hydrogen-bond acceptors (Lipinski definition) is 6. The molecule has 1 N–H and O–H groups in total. The number of amides is 1. The average Bonchev–Trinajstić information content (AvgIpc) is 2.85. The number of morpholine rings is 1. The first kappa shape index (κ1) is 26.2. The van der Waals surface area contributed by atoms with Crippen molar-refractivity contribution in [1.29, 1.82) is 0 Å². The molecule has 1 heterocycles. The number of carbonyl (C=O) groups excluding carboxylic acids is 1. The molecule has 3 rings (SSSR count). The van der Waals surface area contributed by atoms with Gasteiger partial charge in [0.1, 0.15) is 5.75 Å². The molecule has 8 nitrogen and oxygen atoms in total. The van der Waals surface area contributed by atoms with E-state index >= 15 is 0 Å². The Morgan fingerprint density at radius 3 is 2.56 bits per heavy atom. The lowest BCUT2D eigenvalue weighted by molar-refractivity contribution is -0.121. The van der Waals surface area contributed by atoms with Crippen molar-refractivity contribution in [3.05, 3.63) is 59.7 Å². The zero-order valence-corrected chi connectivity index (χ0v) is 20.9. The van der Waals surface area contributed by atoms with Crippen LogP contribution in [-0.2, 0) is 26.0 Å². The molecule has 1 aliphatic heterocycles. The summed E-state index contributed by atoms with van der Waals surface area (Å²) in [6, 6.07) is 14.4. The largest absolute Gasteiger partial charge is 0.496 e. The highest BCUT2D eigenvalue weighted by Crippen LogP contribution is 2.24. The van der Waals surface area contributed by atoms with Gasteiger partial charge in [-0.05, 0) is 55.6 Å². The summed E-state index contributed by atoms with van der Waals surface area (Å²) in [5.74, 6) is 0.316. The van der Waals surface area contributed by atoms with Crippen molar-refractivity contribution < 1.29 is 22.7 Å². The summed E-state index contributed by atoms with van der Waals surface area (Å²) in [6.07, 6.45) is 1.32. The Kier molecular flexibility index (Phi) is 9.88. The number of aryl methyl sites for hydroxylation is 1. The Morgan fingerprint density at radius 2 is 1.88 bits per heavy atom. The number of nitrogens with zero attached hydrogens (tertiary/aromatic N) is 2. The molecule has 0 radical (unpaired) electrons. The topological polar surface area (TPSA) is 88.2 Å². The van der Waals surface area contributed by atoms with Gasteiger partial charge >= 0.3 is 0 Å². The summed E-state index contributed by atoms with van der Waals surface area (Å²) in [7, 11) is -2.32. The minimum atomic E-state index is -3.87. The number of rotatable bonds is 12. The molecule has 0 aliphatic carbocycles. The lowest BCUT2D eigenvalue weighted by Gasteiger charge is -2.26. The van der Waals surface area contributed by atoms with Gasteiger partial charge in [-0.1, -0.05) is 30.3 Å². The number of nitrogens with one attached hydrogen (secondary N) is 1. The summed E-state index contributed by atoms with van der Waals surface area (Å²) in [6.45, 7) is 6.46. The zero-order valence-electron chi connectivity index (χ0n) is 20.0. The number of benzene rings is 2. The van der Waals surface area contributed by atoms with Gasteiger partial charge in [0.2, 0.25) is 15.9 Å². The lowest BCUT2D eigenvalue weighted by Crippen LogP contribution is -2.42. The van der Waals surface area contributed by atoms with E-state index < -0.39 is 10.0 Å². The molecule has 1 aliphatic rings. The molecule has 34 heavy (non-hydrogen) atoms. The van der Waals surface area contributed by atoms with Crippen LogP contribution in [0, 0.1) is 6.92 Å². The third kappa shape index (κ3) is 7.53. The predicted molar refractivity (Wildman–Crippen MR) is 132 cm³/mol. The number of carbonyl (C=O) groups is 1. The second-order valence-electron chi connectivity index (χ2n) is 8.36. The highest BCUT2D eigenvalue weighted by Gasteiger charge is 2.27. The SMILES string of the molecule is COc1ccc(S(=O)(=O)N(CCc2ccccc2)CC(=O)NCCCN2CCOCC2)cc1C. The monoisotopic (exact) mass is 489 g/mol. The molecule has 0 spiro atoms. The Labute approximate surface area is 202 Å². The third-order valence-corrected chi connectivity index (χ3v) is 7.73. The van der Waals surface area contributed by atoms with Gasteiger partial charge in [0.25, 0.3) is 0 Å². The third-order valence-electron chi connectivity index (χ3n) is 5.89. The standard InChI is InChI=1S/C25H35N3O5S/c1-21-19-23(9-10-24(21)32-2)34(30,31)28(14-11-22-7-4-3-5-8-22)20-25(29)26-12-6-13-27-15-17-33-18-16-27/h3-5,7-10,19H,6,11-18,20H2,1-2H3,(H,26,29). The smallest absolute Gasteiger partial charge is 0.243 e. The van der Waals surface area contributed by atoms with Gasteiger partial charge in [-0.25, -0.2) is 8.42 Å². The van der Waals surface area contributed by atoms with Crippen molar-refractivity contribution in [1.82, 2.24) is 14.5 Å². The highest BCUT2D eigenvalue weighted by atomic mass is 32.2. The molecule has 2 aromatic carbocycles. The van der Waals surface area contributed by atoms with Gasteiger partial charge in [0.15, 0.2) is 0 Å². The molecule has 2 aromatic rings. The van der Waals surface area contributed by atoms with Crippen LogP contribution in [0.4, 0.5) is 0 Å². The summed E-state index contributed by atoms with van der Waals surface area (Å²) in [4.78, 5) is 15.1. The van der Waals surface area contributed by atoms with E-state index in [9.17, 15) is 13.2 Å². The first-order valence-electron chi connectivity index (χ1n) is 11.7. The number of sulfonamides is 1. The normalized spacial score (nSPS) is 14.8. The quantitative estimate of drug-likeness (QED) is 0.460. The maximum atomic E-state index is 13.5. The van der Waals surface area contributed by atoms with Crippen molar-refractivity contribution in [2.45, 2.75) is 24.7 Å². The average molecular weight is 490 g/mol. The van der Waals surface area contributed by atoms with Crippen LogP contribution >= 0.6 is 0 Å². The van der Waals surface area contributed by atoms with Gasteiger partial charge in [0, 0.05) is 26.2 Å². The Bertz CT molecular complexity index is 1020. The van der Waals surface area contributed by atoms with Crippen LogP contribution in [0.2, 0.25) is 0 Å². The molecule has 186 valence electrons. The van der Waals surface area contributed by atoms with E-state index in [-0.39, 0.29) is 23.9 Å². The van der Waals surface area contributed by atoms with E-state index in [1.807, 2.05) is 30.3 Å². The minimum absolute atomic E-state index is 0.152. The Morgan fingerprint density at radius 1 is 1.15 bits per heavy atom. The molecule has 1 saturated heterocycles. The maximum absolute atomic E-state index is 13.5. The fourth-order valence-electron chi connectivity index (χ4n) is 3.91. The van der Waals surface area contributed by atoms with Crippen molar-refractivity contribution >= 4 is 15.9 Å². The molecule has 9 heteroatoms. The van der Waals surface area contributed by atoms with Crippen molar-refractivity contribution in [3.8, 4) is 5.75 Å². The number of methoxy groups -OCH3 is 1. The summed E-state index contributed by atoms with van der Waals surface area (Å²) < 4.78 is 38.8. The van der Waals surface area contributed by atoms with Crippen LogP contribution in [0.1, 0.15) is 17.5 Å². The van der Waals surface area contributed by atoms with Crippen molar-refractivity contribution in [2.24, 2.45) is 0 Å². The van der Waals surface area contributed by atoms with Gasteiger partial charge in [-0.2, -0.15) is 4.31 Å². The van der Waals surface area contributed by atoms with Crippen LogP contribution in [-0.4, -0.2) is 83.1 Å². The molecule has 0 bridgehead atoms. The van der Waals surface area contributed by atoms with Crippen molar-refractivity contribution in [3.63, 3.8) is 0 Å². The van der Waals surface area contributed by atoms with Gasteiger partial charge in [-0.15, -0.1) is 0 Å². The van der Waals surface area contributed by atoms with Crippen molar-refractivity contribution in [2.75, 3.05) is 59.6 Å². The second-order valence-corrected chi connectivity index (χ2v) is 10.3. The van der Waals surface area contributed by atoms with Crippen LogP contribution in [0.15, 0.2) is 53.4 Å². The Hall–Kier alpha value is -2.46. The van der Waals surface area contributed by atoms with E-state index in [0.29, 0.717) is 18.7 Å². The summed E-state index contributed by atoms with van der Waals surface area (Å²) >= 11 is 0. The van der Waals surface area contributed by atoms with Crippen LogP contribution in [0.25, 0.3) is 0 Å². The first-order valence-corrected chi connectivity index (χ1v) is 13.1. The molecule has 0 atom stereocenters. The minimum Gasteiger partial charge on any atom is -0.496 e. The van der Waals surface area contributed by atoms with E-state index in [4.69, 9.17) is 9.47 Å². The predicted octanol–water partition coefficient (Wildman–Crippen LogP) is 2.08. The molecular formula is C25H35N3O5S. The lowest BCUT2D eigenvalue weighted by atomic mass is 10.1. The van der Waals surface area contributed by atoms with E-state index in [0.717, 1.165) is 50.4 Å². The van der Waals surface area contributed by atoms with Gasteiger partial charge in [0.05, 0.1) is 31.8 Å². The fraction of sp³-hybridized carbons (Fsp3) is 0.480. The molecule has 0 unspecified atom stereocenters. The maximum Gasteiger partial charge on any atom is 0.243 e. The molecular weight excluding hydrogens is 454 g/mol. The van der Waals surface area contributed by atoms with Crippen LogP contribution < -0.4 is 10.1 Å². The molecule has 0 saturated carbocycles. The summed E-state index contributed by atoms with van der Waals surface area (Å²) in [5.41, 5.74) is 1.73. The van der Waals surface area contributed by atoms with E-state index in [2.05, 4.69) is 10.2 Å². The van der Waals surface area contributed by atoms with Crippen LogP contribution in [0.3, 0.4) is 0 Å². The zero-order chi connectivity index (χ0) is 24.4. The first-order chi connectivity index (χ1) is 16.4. The van der Waals surface area contributed by atoms with Gasteiger partial charge in [-0.3, -0.25) is 9.69 Å². The molecule has 1 fully saturated rings. The summed E-state index contributed by atoms with van der Waals surface area (Å²) in [5, 5.41) is 2.88. The number of hydrogen-bond donors (Lipinski definition) is 1. The highest BCUT2D eigenvalue weighted by molar-refractivity contribution is 7.89. The number of ether oxygens (including phenoxy) is 2.